The Morgan fingerprint density at radius 2 is 1.38 bits per heavy atom. The average Bonchev–Trinajstić information content (AvgIpc) is 3.32. The lowest BCUT2D eigenvalue weighted by atomic mass is 10.1. The Bertz CT molecular complexity index is 1520. The smallest absolute Gasteiger partial charge is 0.314 e. The third kappa shape index (κ3) is 3.36. The molecule has 5 aromatic rings. The molecule has 0 aliphatic rings. The van der Waals surface area contributed by atoms with E-state index in [1.165, 1.54) is 14.7 Å². The van der Waals surface area contributed by atoms with Crippen molar-refractivity contribution in [2.45, 2.75) is 32.9 Å². The van der Waals surface area contributed by atoms with Crippen molar-refractivity contribution in [3.05, 3.63) is 105 Å². The monoisotopic (exact) mass is 427 g/mol. The van der Waals surface area contributed by atoms with E-state index in [4.69, 9.17) is 4.98 Å². The first-order valence-corrected chi connectivity index (χ1v) is 10.8. The lowest BCUT2D eigenvalue weighted by Crippen LogP contribution is -2.39. The van der Waals surface area contributed by atoms with Crippen LogP contribution in [0.25, 0.3) is 16.9 Å². The average molecular weight is 428 g/mol. The fraction of sp³-hybridized carbons (Fsp3) is 0.240. The molecular formula is C25H25N5O2. The molecule has 32 heavy (non-hydrogen) atoms. The molecule has 0 atom stereocenters. The summed E-state index contributed by atoms with van der Waals surface area (Å²) in [5.74, 6) is 0.682. The third-order valence-electron chi connectivity index (χ3n) is 6.07. The number of imidazole rings is 2. The highest BCUT2D eigenvalue weighted by atomic mass is 16.2. The van der Waals surface area contributed by atoms with Crippen LogP contribution in [0.1, 0.15) is 16.8 Å². The first-order valence-electron chi connectivity index (χ1n) is 10.8. The molecule has 0 fully saturated rings. The molecule has 7 heteroatoms. The fourth-order valence-corrected chi connectivity index (χ4v) is 4.30. The quantitative estimate of drug-likeness (QED) is 0.419. The zero-order valence-corrected chi connectivity index (χ0v) is 18.2. The Morgan fingerprint density at radius 3 is 1.97 bits per heavy atom. The van der Waals surface area contributed by atoms with Gasteiger partial charge >= 0.3 is 5.69 Å². The summed E-state index contributed by atoms with van der Waals surface area (Å²) in [5.41, 5.74) is 3.57. The molecule has 3 heterocycles. The summed E-state index contributed by atoms with van der Waals surface area (Å²) >= 11 is 0. The molecule has 5 rings (SSSR count). The van der Waals surface area contributed by atoms with Gasteiger partial charge in [0.1, 0.15) is 0 Å². The van der Waals surface area contributed by atoms with Gasteiger partial charge in [-0.3, -0.25) is 18.3 Å². The van der Waals surface area contributed by atoms with E-state index in [0.717, 1.165) is 24.2 Å². The molecule has 0 aliphatic heterocycles. The van der Waals surface area contributed by atoms with E-state index in [1.807, 2.05) is 66.1 Å². The van der Waals surface area contributed by atoms with Gasteiger partial charge in [0.05, 0.1) is 0 Å². The topological polar surface area (TPSA) is 66.2 Å². The van der Waals surface area contributed by atoms with Crippen LogP contribution in [0.4, 0.5) is 0 Å². The van der Waals surface area contributed by atoms with E-state index in [9.17, 15) is 9.59 Å². The van der Waals surface area contributed by atoms with Gasteiger partial charge in [0.15, 0.2) is 11.2 Å². The van der Waals surface area contributed by atoms with Gasteiger partial charge in [-0.25, -0.2) is 4.79 Å². The molecule has 0 saturated heterocycles. The number of hydrogen-bond donors (Lipinski definition) is 0. The van der Waals surface area contributed by atoms with Gasteiger partial charge in [-0.1, -0.05) is 60.7 Å². The van der Waals surface area contributed by atoms with Crippen LogP contribution in [-0.2, 0) is 33.0 Å². The number of aryl methyl sites for hydroxylation is 5. The number of rotatable bonds is 6. The zero-order valence-electron chi connectivity index (χ0n) is 18.2. The lowest BCUT2D eigenvalue weighted by molar-refractivity contribution is 0.602. The summed E-state index contributed by atoms with van der Waals surface area (Å²) in [5, 5.41) is 0. The van der Waals surface area contributed by atoms with Crippen LogP contribution in [-0.4, -0.2) is 23.1 Å². The van der Waals surface area contributed by atoms with E-state index < -0.39 is 0 Å². The molecule has 0 N–H and O–H groups in total. The number of hydrogen-bond acceptors (Lipinski definition) is 3. The van der Waals surface area contributed by atoms with E-state index in [0.29, 0.717) is 29.9 Å². The van der Waals surface area contributed by atoms with Crippen molar-refractivity contribution in [3.63, 3.8) is 0 Å². The molecule has 162 valence electrons. The summed E-state index contributed by atoms with van der Waals surface area (Å²) in [4.78, 5) is 31.0. The molecule has 0 spiro atoms. The summed E-state index contributed by atoms with van der Waals surface area (Å²) in [6.07, 6.45) is 3.40. The molecule has 0 saturated carbocycles. The number of fused-ring (bicyclic) bond motifs is 3. The Morgan fingerprint density at radius 1 is 0.812 bits per heavy atom. The van der Waals surface area contributed by atoms with E-state index >= 15 is 0 Å². The van der Waals surface area contributed by atoms with Gasteiger partial charge < -0.3 is 4.57 Å². The number of nitrogens with zero attached hydrogens (tertiary/aromatic N) is 5. The molecule has 0 amide bonds. The summed E-state index contributed by atoms with van der Waals surface area (Å²) in [7, 11) is 1.68. The van der Waals surface area contributed by atoms with Crippen molar-refractivity contribution in [2.75, 3.05) is 0 Å². The number of aromatic nitrogens is 5. The van der Waals surface area contributed by atoms with Crippen molar-refractivity contribution in [2.24, 2.45) is 7.05 Å². The van der Waals surface area contributed by atoms with Crippen molar-refractivity contribution < 1.29 is 0 Å². The van der Waals surface area contributed by atoms with Crippen molar-refractivity contribution in [3.8, 4) is 0 Å². The second-order valence-electron chi connectivity index (χ2n) is 8.15. The molecule has 2 aromatic carbocycles. The number of benzene rings is 2. The minimum absolute atomic E-state index is 0.299. The standard InChI is InChI=1S/C25H25N5O2/c1-18-17-30-21-22(26-24(30)28(18)15-13-19-9-5-3-6-10-19)27(2)25(32)29(23(21)31)16-14-20-11-7-4-8-12-20/h3-12,17H,13-16H2,1-2H3. The molecule has 7 nitrogen and oxygen atoms in total. The van der Waals surface area contributed by atoms with Gasteiger partial charge in [0.25, 0.3) is 5.56 Å². The van der Waals surface area contributed by atoms with Crippen molar-refractivity contribution in [1.82, 2.24) is 23.1 Å². The van der Waals surface area contributed by atoms with Crippen LogP contribution in [0.3, 0.4) is 0 Å². The van der Waals surface area contributed by atoms with E-state index in [2.05, 4.69) is 16.7 Å². The van der Waals surface area contributed by atoms with Gasteiger partial charge in [-0.2, -0.15) is 4.98 Å². The largest absolute Gasteiger partial charge is 0.332 e. The van der Waals surface area contributed by atoms with Crippen LogP contribution in [0, 0.1) is 6.92 Å². The van der Waals surface area contributed by atoms with Crippen LogP contribution in [0.15, 0.2) is 76.4 Å². The van der Waals surface area contributed by atoms with E-state index in [-0.39, 0.29) is 11.2 Å². The molecule has 0 bridgehead atoms. The fourth-order valence-electron chi connectivity index (χ4n) is 4.30. The Labute approximate surface area is 184 Å². The predicted molar refractivity (Wildman–Crippen MR) is 125 cm³/mol. The Kier molecular flexibility index (Phi) is 5.01. The second-order valence-corrected chi connectivity index (χ2v) is 8.15. The minimum atomic E-state index is -0.341. The zero-order chi connectivity index (χ0) is 22.2. The van der Waals surface area contributed by atoms with Crippen LogP contribution < -0.4 is 11.2 Å². The summed E-state index contributed by atoms with van der Waals surface area (Å²) in [6, 6.07) is 20.2. The maximum atomic E-state index is 13.4. The van der Waals surface area contributed by atoms with Crippen molar-refractivity contribution >= 4 is 16.9 Å². The van der Waals surface area contributed by atoms with Gasteiger partial charge in [-0.05, 0) is 30.9 Å². The van der Waals surface area contributed by atoms with Crippen LogP contribution >= 0.6 is 0 Å². The molecular weight excluding hydrogens is 402 g/mol. The van der Waals surface area contributed by atoms with Gasteiger partial charge in [-0.15, -0.1) is 0 Å². The Balaban J connectivity index is 1.58. The minimum Gasteiger partial charge on any atom is -0.314 e. The second kappa shape index (κ2) is 8.00. The maximum absolute atomic E-state index is 13.4. The SMILES string of the molecule is Cc1cn2c3c(=O)n(CCc4ccccc4)c(=O)n(C)c3nc2n1CCc1ccccc1. The first kappa shape index (κ1) is 20.1. The molecule has 3 aromatic heterocycles. The maximum Gasteiger partial charge on any atom is 0.332 e. The highest BCUT2D eigenvalue weighted by molar-refractivity contribution is 5.75. The summed E-state index contributed by atoms with van der Waals surface area (Å²) in [6.45, 7) is 3.08. The lowest BCUT2D eigenvalue weighted by Gasteiger charge is -2.08. The predicted octanol–water partition coefficient (Wildman–Crippen LogP) is 2.94. The van der Waals surface area contributed by atoms with E-state index in [1.54, 1.807) is 7.05 Å². The van der Waals surface area contributed by atoms with Crippen LogP contribution in [0.5, 0.6) is 0 Å². The molecule has 0 aliphatic carbocycles. The Hall–Kier alpha value is -3.87. The highest BCUT2D eigenvalue weighted by Crippen LogP contribution is 2.17. The normalized spacial score (nSPS) is 11.6. The van der Waals surface area contributed by atoms with Crippen LogP contribution in [0.2, 0.25) is 0 Å². The summed E-state index contributed by atoms with van der Waals surface area (Å²) < 4.78 is 6.73. The third-order valence-corrected chi connectivity index (χ3v) is 6.07. The molecule has 0 unspecified atom stereocenters. The van der Waals surface area contributed by atoms with Gasteiger partial charge in [0, 0.05) is 32.0 Å². The molecule has 0 radical (unpaired) electrons. The van der Waals surface area contributed by atoms with Gasteiger partial charge in [0.2, 0.25) is 5.78 Å². The first-order chi connectivity index (χ1) is 15.5. The highest BCUT2D eigenvalue weighted by Gasteiger charge is 2.20. The van der Waals surface area contributed by atoms with Crippen molar-refractivity contribution in [1.29, 1.82) is 0 Å².